The van der Waals surface area contributed by atoms with E-state index >= 15 is 0 Å². The number of allylic oxidation sites excluding steroid dienone is 3. The summed E-state index contributed by atoms with van der Waals surface area (Å²) in [6.45, 7) is 11.7. The fourth-order valence-corrected chi connectivity index (χ4v) is 6.64. The Bertz CT molecular complexity index is 718. The molecule has 3 aliphatic carbocycles. The van der Waals surface area contributed by atoms with Crippen LogP contribution in [0.5, 0.6) is 0 Å². The molecule has 3 saturated carbocycles. The van der Waals surface area contributed by atoms with Gasteiger partial charge in [-0.25, -0.2) is 4.39 Å². The van der Waals surface area contributed by atoms with Crippen molar-refractivity contribution in [3.05, 3.63) is 35.5 Å². The van der Waals surface area contributed by atoms with Crippen LogP contribution < -0.4 is 0 Å². The minimum absolute atomic E-state index is 0.251. The third-order valence-corrected chi connectivity index (χ3v) is 8.68. The normalized spacial score (nSPS) is 39.0. The number of halogens is 1. The van der Waals surface area contributed by atoms with Crippen molar-refractivity contribution in [3.8, 4) is 0 Å². The van der Waals surface area contributed by atoms with Gasteiger partial charge in [0.05, 0.1) is 18.3 Å². The molecule has 7 atom stereocenters. The molecular weight excluding hydrogens is 391 g/mol. The Hall–Kier alpha value is -0.970. The molecule has 176 valence electrons. The first-order valence-corrected chi connectivity index (χ1v) is 12.3. The molecule has 3 rings (SSSR count). The predicted molar refractivity (Wildman–Crippen MR) is 124 cm³/mol. The summed E-state index contributed by atoms with van der Waals surface area (Å²) in [5.74, 6) is 1.62. The number of rotatable bonds is 6. The Balaban J connectivity index is 1.71. The van der Waals surface area contributed by atoms with Gasteiger partial charge in [0.25, 0.3) is 0 Å². The fraction of sp³-hybridized carbons (Fsp3) is 0.778. The summed E-state index contributed by atoms with van der Waals surface area (Å²) in [6, 6.07) is 0. The molecule has 3 aliphatic rings. The van der Waals surface area contributed by atoms with Gasteiger partial charge in [-0.05, 0) is 99.5 Å². The summed E-state index contributed by atoms with van der Waals surface area (Å²) in [5, 5.41) is 30.3. The molecule has 0 bridgehead atoms. The van der Waals surface area contributed by atoms with Crippen molar-refractivity contribution in [1.82, 2.24) is 0 Å². The summed E-state index contributed by atoms with van der Waals surface area (Å²) in [4.78, 5) is 0. The molecule has 0 saturated heterocycles. The van der Waals surface area contributed by atoms with Crippen LogP contribution in [0.1, 0.15) is 85.5 Å². The molecule has 1 unspecified atom stereocenters. The molecule has 3 N–H and O–H groups in total. The van der Waals surface area contributed by atoms with E-state index in [-0.39, 0.29) is 5.41 Å². The van der Waals surface area contributed by atoms with Crippen molar-refractivity contribution >= 4 is 0 Å². The minimum Gasteiger partial charge on any atom is -0.393 e. The van der Waals surface area contributed by atoms with Gasteiger partial charge in [-0.1, -0.05) is 38.2 Å². The quantitative estimate of drug-likeness (QED) is 0.506. The number of aliphatic hydroxyl groups is 3. The first kappa shape index (κ1) is 24.7. The highest BCUT2D eigenvalue weighted by molar-refractivity contribution is 5.38. The smallest absolute Gasteiger partial charge is 0.131 e. The van der Waals surface area contributed by atoms with Crippen molar-refractivity contribution in [2.75, 3.05) is 0 Å². The molecule has 0 radical (unpaired) electrons. The molecule has 0 heterocycles. The van der Waals surface area contributed by atoms with Crippen LogP contribution in [-0.4, -0.2) is 39.3 Å². The molecular formula is C27H43FO3. The molecule has 0 aromatic carbocycles. The minimum atomic E-state index is -1.54. The van der Waals surface area contributed by atoms with Crippen molar-refractivity contribution in [2.45, 2.75) is 109 Å². The van der Waals surface area contributed by atoms with Crippen LogP contribution in [0.2, 0.25) is 0 Å². The van der Waals surface area contributed by atoms with E-state index in [4.69, 9.17) is 0 Å². The van der Waals surface area contributed by atoms with E-state index in [0.29, 0.717) is 37.0 Å². The third kappa shape index (κ3) is 5.34. The number of hydrogen-bond acceptors (Lipinski definition) is 3. The SMILES string of the molecule is C=C1C(=CC=C2CCC[C@@]3(C)C2CC[C@@H]3[C@H](C)CC[C@H](O)C(C)(C)F)C[C@@H](O)C[C@@H]1O. The molecule has 0 amide bonds. The van der Waals surface area contributed by atoms with Crippen LogP contribution in [0, 0.1) is 23.2 Å². The first-order valence-electron chi connectivity index (χ1n) is 12.3. The number of fused-ring (bicyclic) bond motifs is 1. The zero-order valence-electron chi connectivity index (χ0n) is 19.9. The van der Waals surface area contributed by atoms with Gasteiger partial charge in [0, 0.05) is 6.42 Å². The van der Waals surface area contributed by atoms with E-state index in [1.54, 1.807) is 0 Å². The molecule has 0 aliphatic heterocycles. The lowest BCUT2D eigenvalue weighted by atomic mass is 9.60. The number of hydrogen-bond donors (Lipinski definition) is 3. The third-order valence-electron chi connectivity index (χ3n) is 8.68. The second-order valence-electron chi connectivity index (χ2n) is 11.3. The maximum Gasteiger partial charge on any atom is 0.131 e. The summed E-state index contributed by atoms with van der Waals surface area (Å²) < 4.78 is 14.0. The van der Waals surface area contributed by atoms with Crippen LogP contribution in [0.15, 0.2) is 35.5 Å². The van der Waals surface area contributed by atoms with Gasteiger partial charge in [0.15, 0.2) is 0 Å². The van der Waals surface area contributed by atoms with Crippen LogP contribution >= 0.6 is 0 Å². The van der Waals surface area contributed by atoms with Crippen molar-refractivity contribution < 1.29 is 19.7 Å². The second-order valence-corrected chi connectivity index (χ2v) is 11.3. The van der Waals surface area contributed by atoms with Crippen molar-refractivity contribution in [2.24, 2.45) is 23.2 Å². The standard InChI is InChI=1S/C27H43FO3/c1-17(8-13-25(31)26(3,4)28)22-11-12-23-19(7-6-14-27(22,23)5)9-10-20-15-21(29)16-24(30)18(20)2/h9-10,17,21-25,29-31H,2,6-8,11-16H2,1,3-5H3/t17-,21-,22-,23?,24+,25+,27-/m1/s1. The van der Waals surface area contributed by atoms with Crippen LogP contribution in [0.3, 0.4) is 0 Å². The second kappa shape index (κ2) is 9.49. The molecule has 31 heavy (non-hydrogen) atoms. The highest BCUT2D eigenvalue weighted by atomic mass is 19.1. The molecule has 4 heteroatoms. The van der Waals surface area contributed by atoms with Gasteiger partial charge in [-0.3, -0.25) is 0 Å². The number of aliphatic hydroxyl groups excluding tert-OH is 3. The summed E-state index contributed by atoms with van der Waals surface area (Å²) >= 11 is 0. The van der Waals surface area contributed by atoms with E-state index in [1.807, 2.05) is 0 Å². The summed E-state index contributed by atoms with van der Waals surface area (Å²) in [6.07, 6.45) is 10.5. The van der Waals surface area contributed by atoms with Gasteiger partial charge >= 0.3 is 0 Å². The van der Waals surface area contributed by atoms with E-state index in [0.717, 1.165) is 24.0 Å². The summed E-state index contributed by atoms with van der Waals surface area (Å²) in [7, 11) is 0. The molecule has 0 spiro atoms. The Kier molecular flexibility index (Phi) is 7.55. The van der Waals surface area contributed by atoms with Crippen molar-refractivity contribution in [3.63, 3.8) is 0 Å². The van der Waals surface area contributed by atoms with Gasteiger partial charge in [-0.15, -0.1) is 0 Å². The molecule has 3 nitrogen and oxygen atoms in total. The topological polar surface area (TPSA) is 60.7 Å². The fourth-order valence-electron chi connectivity index (χ4n) is 6.64. The van der Waals surface area contributed by atoms with Crippen LogP contribution in [0.4, 0.5) is 4.39 Å². The average molecular weight is 435 g/mol. The monoisotopic (exact) mass is 434 g/mol. The van der Waals surface area contributed by atoms with E-state index in [9.17, 15) is 19.7 Å². The first-order chi connectivity index (χ1) is 14.4. The Morgan fingerprint density at radius 3 is 2.61 bits per heavy atom. The maximum atomic E-state index is 14.0. The lowest BCUT2D eigenvalue weighted by Gasteiger charge is -2.44. The van der Waals surface area contributed by atoms with Gasteiger partial charge in [-0.2, -0.15) is 0 Å². The van der Waals surface area contributed by atoms with Gasteiger partial charge in [0.1, 0.15) is 5.67 Å². The number of alkyl halides is 1. The van der Waals surface area contributed by atoms with Crippen LogP contribution in [0.25, 0.3) is 0 Å². The van der Waals surface area contributed by atoms with E-state index < -0.39 is 24.0 Å². The van der Waals surface area contributed by atoms with Crippen LogP contribution in [-0.2, 0) is 0 Å². The Morgan fingerprint density at radius 2 is 1.94 bits per heavy atom. The highest BCUT2D eigenvalue weighted by Crippen LogP contribution is 2.60. The van der Waals surface area contributed by atoms with Gasteiger partial charge in [0.2, 0.25) is 0 Å². The lowest BCUT2D eigenvalue weighted by molar-refractivity contribution is 0.00301. The Labute approximate surface area is 188 Å². The molecule has 0 aromatic rings. The lowest BCUT2D eigenvalue weighted by Crippen LogP contribution is -2.37. The van der Waals surface area contributed by atoms with E-state index in [2.05, 4.69) is 32.6 Å². The maximum absolute atomic E-state index is 14.0. The average Bonchev–Trinajstić information content (AvgIpc) is 3.04. The largest absolute Gasteiger partial charge is 0.393 e. The van der Waals surface area contributed by atoms with E-state index in [1.165, 1.54) is 45.1 Å². The van der Waals surface area contributed by atoms with Gasteiger partial charge < -0.3 is 15.3 Å². The van der Waals surface area contributed by atoms with Crippen molar-refractivity contribution in [1.29, 1.82) is 0 Å². The highest BCUT2D eigenvalue weighted by Gasteiger charge is 2.50. The summed E-state index contributed by atoms with van der Waals surface area (Å²) in [5.41, 5.74) is 1.91. The molecule has 3 fully saturated rings. The predicted octanol–water partition coefficient (Wildman–Crippen LogP) is 5.65. The zero-order valence-corrected chi connectivity index (χ0v) is 19.9. The zero-order chi connectivity index (χ0) is 23.0. The Morgan fingerprint density at radius 1 is 1.23 bits per heavy atom. The molecule has 0 aromatic heterocycles.